The van der Waals surface area contributed by atoms with Crippen LogP contribution in [0, 0.1) is 0 Å². The van der Waals surface area contributed by atoms with Gasteiger partial charge in [-0.1, -0.05) is 6.92 Å². The van der Waals surface area contributed by atoms with Crippen molar-refractivity contribution in [2.24, 2.45) is 0 Å². The number of benzene rings is 1. The number of carbonyl (C=O) groups excluding carboxylic acids is 2. The van der Waals surface area contributed by atoms with E-state index in [0.717, 1.165) is 25.8 Å². The van der Waals surface area contributed by atoms with Crippen LogP contribution in [0.15, 0.2) is 24.3 Å². The fraction of sp³-hybridized carbons (Fsp3) is 0.500. The number of nitrogens with one attached hydrogen (secondary N) is 1. The van der Waals surface area contributed by atoms with Crippen LogP contribution in [-0.4, -0.2) is 36.6 Å². The van der Waals surface area contributed by atoms with Gasteiger partial charge in [-0.05, 0) is 49.9 Å². The molecule has 1 aromatic rings. The number of esters is 1. The first-order valence-corrected chi connectivity index (χ1v) is 7.41. The minimum absolute atomic E-state index is 0.0626. The predicted octanol–water partition coefficient (Wildman–Crippen LogP) is 3.27. The Kier molecular flexibility index (Phi) is 5.20. The number of hydrogen-bond acceptors (Lipinski definition) is 3. The van der Waals surface area contributed by atoms with Crippen molar-refractivity contribution >= 4 is 17.7 Å². The highest BCUT2D eigenvalue weighted by atomic mass is 16.5. The van der Waals surface area contributed by atoms with Crippen LogP contribution in [-0.2, 0) is 4.74 Å². The Bertz CT molecular complexity index is 499. The van der Waals surface area contributed by atoms with Gasteiger partial charge >= 0.3 is 12.0 Å². The maximum Gasteiger partial charge on any atom is 0.337 e. The topological polar surface area (TPSA) is 58.6 Å². The normalized spacial score (nSPS) is 18.2. The van der Waals surface area contributed by atoms with E-state index < -0.39 is 0 Å². The molecule has 1 N–H and O–H groups in total. The number of ether oxygens (including phenoxy) is 1. The molecule has 1 fully saturated rings. The number of rotatable bonds is 3. The van der Waals surface area contributed by atoms with E-state index in [4.69, 9.17) is 0 Å². The van der Waals surface area contributed by atoms with Gasteiger partial charge in [-0.3, -0.25) is 0 Å². The average Bonchev–Trinajstić information content (AvgIpc) is 2.54. The number of piperidine rings is 1. The molecule has 0 spiro atoms. The summed E-state index contributed by atoms with van der Waals surface area (Å²) in [6.07, 6.45) is 4.31. The zero-order valence-corrected chi connectivity index (χ0v) is 12.6. The van der Waals surface area contributed by atoms with Gasteiger partial charge in [0.15, 0.2) is 0 Å². The van der Waals surface area contributed by atoms with E-state index in [1.165, 1.54) is 13.5 Å². The van der Waals surface area contributed by atoms with Crippen molar-refractivity contribution in [3.63, 3.8) is 0 Å². The Morgan fingerprint density at radius 3 is 2.62 bits per heavy atom. The van der Waals surface area contributed by atoms with Crippen molar-refractivity contribution in [1.29, 1.82) is 0 Å². The van der Waals surface area contributed by atoms with Crippen LogP contribution in [0.3, 0.4) is 0 Å². The molecule has 0 bridgehead atoms. The molecule has 0 saturated carbocycles. The molecule has 21 heavy (non-hydrogen) atoms. The van der Waals surface area contributed by atoms with E-state index in [-0.39, 0.29) is 12.0 Å². The molecule has 0 aromatic heterocycles. The Morgan fingerprint density at radius 2 is 2.00 bits per heavy atom. The first-order chi connectivity index (χ1) is 10.2. The van der Waals surface area contributed by atoms with Crippen LogP contribution in [0.4, 0.5) is 10.5 Å². The molecule has 1 aliphatic rings. The van der Waals surface area contributed by atoms with Crippen LogP contribution < -0.4 is 5.32 Å². The van der Waals surface area contributed by atoms with Crippen molar-refractivity contribution < 1.29 is 14.3 Å². The Hall–Kier alpha value is -2.04. The Labute approximate surface area is 125 Å². The van der Waals surface area contributed by atoms with Crippen molar-refractivity contribution in [3.05, 3.63) is 29.8 Å². The van der Waals surface area contributed by atoms with Gasteiger partial charge in [-0.2, -0.15) is 0 Å². The van der Waals surface area contributed by atoms with Gasteiger partial charge in [0.1, 0.15) is 0 Å². The van der Waals surface area contributed by atoms with Crippen LogP contribution in [0.2, 0.25) is 0 Å². The quantitative estimate of drug-likeness (QED) is 0.869. The molecule has 0 aliphatic carbocycles. The molecule has 1 heterocycles. The second-order valence-electron chi connectivity index (χ2n) is 5.25. The number of carbonyl (C=O) groups is 2. The zero-order chi connectivity index (χ0) is 15.2. The summed E-state index contributed by atoms with van der Waals surface area (Å²) in [7, 11) is 1.35. The highest BCUT2D eigenvalue weighted by molar-refractivity contribution is 5.92. The molecule has 2 amide bonds. The third kappa shape index (κ3) is 3.74. The second kappa shape index (κ2) is 7.11. The summed E-state index contributed by atoms with van der Waals surface area (Å²) in [5, 5.41) is 2.89. The summed E-state index contributed by atoms with van der Waals surface area (Å²) >= 11 is 0. The van der Waals surface area contributed by atoms with E-state index in [1.807, 2.05) is 4.90 Å². The summed E-state index contributed by atoms with van der Waals surface area (Å²) < 4.78 is 4.65. The molecule has 1 atom stereocenters. The van der Waals surface area contributed by atoms with Gasteiger partial charge in [-0.15, -0.1) is 0 Å². The Morgan fingerprint density at radius 1 is 1.29 bits per heavy atom. The van der Waals surface area contributed by atoms with E-state index in [1.54, 1.807) is 24.3 Å². The third-order valence-corrected chi connectivity index (χ3v) is 3.92. The van der Waals surface area contributed by atoms with Crippen molar-refractivity contribution in [3.8, 4) is 0 Å². The maximum atomic E-state index is 12.3. The minimum atomic E-state index is -0.380. The van der Waals surface area contributed by atoms with Crippen molar-refractivity contribution in [2.45, 2.75) is 38.6 Å². The highest BCUT2D eigenvalue weighted by Crippen LogP contribution is 2.21. The van der Waals surface area contributed by atoms with Crippen LogP contribution >= 0.6 is 0 Å². The molecule has 2 rings (SSSR count). The molecular weight excluding hydrogens is 268 g/mol. The summed E-state index contributed by atoms with van der Waals surface area (Å²) in [5.41, 5.74) is 1.16. The smallest absolute Gasteiger partial charge is 0.337 e. The molecule has 5 nitrogen and oxygen atoms in total. The molecule has 5 heteroatoms. The highest BCUT2D eigenvalue weighted by Gasteiger charge is 2.25. The van der Waals surface area contributed by atoms with Crippen LogP contribution in [0.25, 0.3) is 0 Å². The number of nitrogens with zero attached hydrogens (tertiary/aromatic N) is 1. The molecule has 0 radical (unpaired) electrons. The first kappa shape index (κ1) is 15.4. The van der Waals surface area contributed by atoms with Crippen LogP contribution in [0.1, 0.15) is 43.0 Å². The zero-order valence-electron chi connectivity index (χ0n) is 12.6. The molecule has 1 saturated heterocycles. The number of urea groups is 1. The van der Waals surface area contributed by atoms with Crippen molar-refractivity contribution in [2.75, 3.05) is 19.0 Å². The molecule has 114 valence electrons. The molecule has 1 unspecified atom stereocenters. The summed E-state index contributed by atoms with van der Waals surface area (Å²) in [6, 6.07) is 6.99. The lowest BCUT2D eigenvalue weighted by atomic mass is 10.0. The SMILES string of the molecule is CCC1CCCCN1C(=O)Nc1ccc(C(=O)OC)cc1. The van der Waals surface area contributed by atoms with Crippen LogP contribution in [0.5, 0.6) is 0 Å². The molecule has 1 aromatic carbocycles. The molecular formula is C16H22N2O3. The van der Waals surface area contributed by atoms with Gasteiger partial charge in [0.05, 0.1) is 12.7 Å². The summed E-state index contributed by atoms with van der Waals surface area (Å²) in [4.78, 5) is 25.6. The largest absolute Gasteiger partial charge is 0.465 e. The summed E-state index contributed by atoms with van der Waals surface area (Å²) in [5.74, 6) is -0.380. The lowest BCUT2D eigenvalue weighted by Crippen LogP contribution is -2.45. The third-order valence-electron chi connectivity index (χ3n) is 3.92. The Balaban J connectivity index is 2.00. The lowest BCUT2D eigenvalue weighted by molar-refractivity contribution is 0.0601. The van der Waals surface area contributed by atoms with Gasteiger partial charge in [0.25, 0.3) is 0 Å². The van der Waals surface area contributed by atoms with Gasteiger partial charge in [-0.25, -0.2) is 9.59 Å². The predicted molar refractivity (Wildman–Crippen MR) is 81.4 cm³/mol. The molecule has 1 aliphatic heterocycles. The van der Waals surface area contributed by atoms with Gasteiger partial charge in [0, 0.05) is 18.3 Å². The first-order valence-electron chi connectivity index (χ1n) is 7.41. The lowest BCUT2D eigenvalue weighted by Gasteiger charge is -2.35. The minimum Gasteiger partial charge on any atom is -0.465 e. The van der Waals surface area contributed by atoms with E-state index in [0.29, 0.717) is 17.3 Å². The number of amides is 2. The van der Waals surface area contributed by atoms with E-state index in [9.17, 15) is 9.59 Å². The number of anilines is 1. The van der Waals surface area contributed by atoms with E-state index in [2.05, 4.69) is 17.0 Å². The fourth-order valence-corrected chi connectivity index (χ4v) is 2.70. The fourth-order valence-electron chi connectivity index (χ4n) is 2.70. The van der Waals surface area contributed by atoms with Crippen molar-refractivity contribution in [1.82, 2.24) is 4.90 Å². The van der Waals surface area contributed by atoms with Gasteiger partial charge < -0.3 is 15.0 Å². The number of likely N-dealkylation sites (tertiary alicyclic amines) is 1. The monoisotopic (exact) mass is 290 g/mol. The summed E-state index contributed by atoms with van der Waals surface area (Å²) in [6.45, 7) is 2.92. The van der Waals surface area contributed by atoms with Gasteiger partial charge in [0.2, 0.25) is 0 Å². The van der Waals surface area contributed by atoms with E-state index >= 15 is 0 Å². The maximum absolute atomic E-state index is 12.3. The average molecular weight is 290 g/mol. The standard InChI is InChI=1S/C16H22N2O3/c1-3-14-6-4-5-11-18(14)16(20)17-13-9-7-12(8-10-13)15(19)21-2/h7-10,14H,3-6,11H2,1-2H3,(H,17,20). The second-order valence-corrected chi connectivity index (χ2v) is 5.25. The number of methoxy groups -OCH3 is 1. The number of hydrogen-bond donors (Lipinski definition) is 1.